The normalized spacial score (nSPS) is 43.8. The monoisotopic (exact) mass is 167 g/mol. The minimum absolute atomic E-state index is 0.505. The SMILES string of the molecule is CCC(C)C(N)C1C2CCCC21. The molecule has 1 nitrogen and oxygen atoms in total. The van der Waals surface area contributed by atoms with Crippen LogP contribution in [0.1, 0.15) is 39.5 Å². The van der Waals surface area contributed by atoms with E-state index in [1.54, 1.807) is 0 Å². The van der Waals surface area contributed by atoms with Crippen LogP contribution >= 0.6 is 0 Å². The summed E-state index contributed by atoms with van der Waals surface area (Å²) in [6.07, 6.45) is 5.66. The van der Waals surface area contributed by atoms with E-state index in [9.17, 15) is 0 Å². The molecule has 0 aromatic carbocycles. The summed E-state index contributed by atoms with van der Waals surface area (Å²) in [5.74, 6) is 3.72. The van der Waals surface area contributed by atoms with Crippen molar-refractivity contribution in [3.63, 3.8) is 0 Å². The van der Waals surface area contributed by atoms with Gasteiger partial charge in [0.15, 0.2) is 0 Å². The van der Waals surface area contributed by atoms with Crippen LogP contribution in [0.2, 0.25) is 0 Å². The highest BCUT2D eigenvalue weighted by atomic mass is 14.8. The lowest BCUT2D eigenvalue weighted by Gasteiger charge is -2.19. The average Bonchev–Trinajstić information content (AvgIpc) is 2.56. The molecule has 0 spiro atoms. The van der Waals surface area contributed by atoms with Crippen LogP contribution in [0.15, 0.2) is 0 Å². The molecule has 2 saturated carbocycles. The van der Waals surface area contributed by atoms with E-state index in [-0.39, 0.29) is 0 Å². The van der Waals surface area contributed by atoms with Gasteiger partial charge in [0, 0.05) is 6.04 Å². The van der Waals surface area contributed by atoms with Crippen LogP contribution in [0.3, 0.4) is 0 Å². The smallest absolute Gasteiger partial charge is 0.00983 e. The Hall–Kier alpha value is -0.0400. The van der Waals surface area contributed by atoms with Crippen molar-refractivity contribution < 1.29 is 0 Å². The van der Waals surface area contributed by atoms with Gasteiger partial charge in [0.2, 0.25) is 0 Å². The summed E-state index contributed by atoms with van der Waals surface area (Å²) in [6.45, 7) is 4.56. The number of hydrogen-bond acceptors (Lipinski definition) is 1. The van der Waals surface area contributed by atoms with Crippen molar-refractivity contribution in [1.82, 2.24) is 0 Å². The largest absolute Gasteiger partial charge is 0.327 e. The van der Waals surface area contributed by atoms with Gasteiger partial charge < -0.3 is 5.73 Å². The lowest BCUT2D eigenvalue weighted by Crippen LogP contribution is -2.31. The Labute approximate surface area is 75.7 Å². The molecule has 70 valence electrons. The Bertz CT molecular complexity index is 154. The lowest BCUT2D eigenvalue weighted by atomic mass is 9.92. The first-order valence-corrected chi connectivity index (χ1v) is 5.51. The molecule has 0 radical (unpaired) electrons. The van der Waals surface area contributed by atoms with Gasteiger partial charge in [0.1, 0.15) is 0 Å². The molecule has 2 N–H and O–H groups in total. The van der Waals surface area contributed by atoms with Crippen molar-refractivity contribution in [2.75, 3.05) is 0 Å². The third-order valence-corrected chi connectivity index (χ3v) is 4.22. The van der Waals surface area contributed by atoms with E-state index in [0.29, 0.717) is 6.04 Å². The third kappa shape index (κ3) is 1.19. The molecule has 0 aromatic heterocycles. The van der Waals surface area contributed by atoms with Gasteiger partial charge in [-0.15, -0.1) is 0 Å². The van der Waals surface area contributed by atoms with E-state index in [2.05, 4.69) is 13.8 Å². The predicted octanol–water partition coefficient (Wildman–Crippen LogP) is 2.41. The highest BCUT2D eigenvalue weighted by Crippen LogP contribution is 2.59. The Kier molecular flexibility index (Phi) is 2.16. The fraction of sp³-hybridized carbons (Fsp3) is 1.00. The van der Waals surface area contributed by atoms with E-state index in [0.717, 1.165) is 23.7 Å². The Morgan fingerprint density at radius 2 is 1.92 bits per heavy atom. The van der Waals surface area contributed by atoms with Gasteiger partial charge in [-0.25, -0.2) is 0 Å². The summed E-state index contributed by atoms with van der Waals surface area (Å²) in [4.78, 5) is 0. The summed E-state index contributed by atoms with van der Waals surface area (Å²) >= 11 is 0. The molecule has 1 heteroatoms. The number of fused-ring (bicyclic) bond motifs is 1. The van der Waals surface area contributed by atoms with Crippen molar-refractivity contribution in [1.29, 1.82) is 0 Å². The van der Waals surface area contributed by atoms with Gasteiger partial charge in [-0.1, -0.05) is 26.7 Å². The Morgan fingerprint density at radius 1 is 1.33 bits per heavy atom. The maximum atomic E-state index is 6.22. The predicted molar refractivity (Wildman–Crippen MR) is 51.8 cm³/mol. The van der Waals surface area contributed by atoms with Crippen molar-refractivity contribution in [2.24, 2.45) is 29.4 Å². The fourth-order valence-electron chi connectivity index (χ4n) is 3.10. The van der Waals surface area contributed by atoms with Crippen LogP contribution in [0, 0.1) is 23.7 Å². The molecule has 0 bridgehead atoms. The summed E-state index contributed by atoms with van der Waals surface area (Å²) in [5.41, 5.74) is 6.22. The molecule has 0 aliphatic heterocycles. The van der Waals surface area contributed by atoms with Gasteiger partial charge in [0.25, 0.3) is 0 Å². The highest BCUT2D eigenvalue weighted by Gasteiger charge is 2.55. The second kappa shape index (κ2) is 3.02. The van der Waals surface area contributed by atoms with Crippen LogP contribution in [0.5, 0.6) is 0 Å². The van der Waals surface area contributed by atoms with Gasteiger partial charge in [-0.2, -0.15) is 0 Å². The molecule has 2 rings (SSSR count). The van der Waals surface area contributed by atoms with Crippen molar-refractivity contribution in [3.8, 4) is 0 Å². The molecule has 0 amide bonds. The van der Waals surface area contributed by atoms with Gasteiger partial charge in [-0.05, 0) is 36.5 Å². The van der Waals surface area contributed by atoms with Crippen molar-refractivity contribution in [2.45, 2.75) is 45.6 Å². The average molecular weight is 167 g/mol. The van der Waals surface area contributed by atoms with Gasteiger partial charge in [-0.3, -0.25) is 0 Å². The molecule has 0 saturated heterocycles. The first kappa shape index (κ1) is 8.55. The first-order chi connectivity index (χ1) is 5.75. The van der Waals surface area contributed by atoms with Crippen LogP contribution in [0.25, 0.3) is 0 Å². The molecule has 0 aromatic rings. The summed E-state index contributed by atoms with van der Waals surface area (Å²) in [7, 11) is 0. The van der Waals surface area contributed by atoms with E-state index >= 15 is 0 Å². The molecular weight excluding hydrogens is 146 g/mol. The Balaban J connectivity index is 1.87. The maximum absolute atomic E-state index is 6.22. The topological polar surface area (TPSA) is 26.0 Å². The molecular formula is C11H21N. The van der Waals surface area contributed by atoms with E-state index < -0.39 is 0 Å². The van der Waals surface area contributed by atoms with Crippen LogP contribution in [-0.4, -0.2) is 6.04 Å². The molecule has 2 aliphatic carbocycles. The highest BCUT2D eigenvalue weighted by molar-refractivity contribution is 5.06. The third-order valence-electron chi connectivity index (χ3n) is 4.22. The zero-order valence-corrected chi connectivity index (χ0v) is 8.29. The minimum atomic E-state index is 0.505. The van der Waals surface area contributed by atoms with E-state index in [1.807, 2.05) is 0 Å². The van der Waals surface area contributed by atoms with Gasteiger partial charge in [0.05, 0.1) is 0 Å². The summed E-state index contributed by atoms with van der Waals surface area (Å²) in [6, 6.07) is 0.505. The zero-order valence-electron chi connectivity index (χ0n) is 8.29. The molecule has 4 atom stereocenters. The second-order valence-corrected chi connectivity index (χ2v) is 4.80. The minimum Gasteiger partial charge on any atom is -0.327 e. The molecule has 4 unspecified atom stereocenters. The zero-order chi connectivity index (χ0) is 8.72. The molecule has 0 heterocycles. The quantitative estimate of drug-likeness (QED) is 0.686. The standard InChI is InChI=1S/C11H21N/c1-3-7(2)11(12)10-8-5-4-6-9(8)10/h7-11H,3-6,12H2,1-2H3. The Morgan fingerprint density at radius 3 is 2.42 bits per heavy atom. The van der Waals surface area contributed by atoms with E-state index in [1.165, 1.54) is 25.7 Å². The number of nitrogens with two attached hydrogens (primary N) is 1. The number of hydrogen-bond donors (Lipinski definition) is 1. The van der Waals surface area contributed by atoms with Crippen LogP contribution in [0.4, 0.5) is 0 Å². The molecule has 2 fully saturated rings. The first-order valence-electron chi connectivity index (χ1n) is 5.51. The summed E-state index contributed by atoms with van der Waals surface area (Å²) < 4.78 is 0. The van der Waals surface area contributed by atoms with Gasteiger partial charge >= 0.3 is 0 Å². The van der Waals surface area contributed by atoms with Crippen LogP contribution < -0.4 is 5.73 Å². The molecule has 12 heavy (non-hydrogen) atoms. The molecule has 2 aliphatic rings. The second-order valence-electron chi connectivity index (χ2n) is 4.80. The van der Waals surface area contributed by atoms with E-state index in [4.69, 9.17) is 5.73 Å². The van der Waals surface area contributed by atoms with Crippen molar-refractivity contribution in [3.05, 3.63) is 0 Å². The lowest BCUT2D eigenvalue weighted by molar-refractivity contribution is 0.363. The fourth-order valence-corrected chi connectivity index (χ4v) is 3.10. The summed E-state index contributed by atoms with van der Waals surface area (Å²) in [5, 5.41) is 0. The maximum Gasteiger partial charge on any atom is 0.00983 e. The van der Waals surface area contributed by atoms with Crippen molar-refractivity contribution >= 4 is 0 Å². The number of rotatable bonds is 3. The van der Waals surface area contributed by atoms with Crippen LogP contribution in [-0.2, 0) is 0 Å².